The van der Waals surface area contributed by atoms with Crippen LogP contribution in [0.15, 0.2) is 60.8 Å². The van der Waals surface area contributed by atoms with Crippen molar-refractivity contribution in [3.63, 3.8) is 0 Å². The molecule has 140 valence electrons. The highest BCUT2D eigenvalue weighted by Gasteiger charge is 2.12. The number of para-hydroxylation sites is 1. The van der Waals surface area contributed by atoms with E-state index in [0.717, 1.165) is 0 Å². The van der Waals surface area contributed by atoms with Gasteiger partial charge in [0.25, 0.3) is 5.91 Å². The zero-order valence-electron chi connectivity index (χ0n) is 15.4. The third-order valence-electron chi connectivity index (χ3n) is 3.99. The summed E-state index contributed by atoms with van der Waals surface area (Å²) in [6.07, 6.45) is 1.53. The van der Waals surface area contributed by atoms with Crippen LogP contribution in [0, 0.1) is 11.3 Å². The van der Waals surface area contributed by atoms with Gasteiger partial charge in [-0.05, 0) is 36.4 Å². The Kier molecular flexibility index (Phi) is 5.72. The Morgan fingerprint density at radius 1 is 1.04 bits per heavy atom. The van der Waals surface area contributed by atoms with Crippen LogP contribution >= 0.6 is 0 Å². The second-order valence-electron chi connectivity index (χ2n) is 5.73. The SMILES string of the molecule is COc1ccc(NC(=O)c2ccnc(Nc3ccccc3C#N)c2)c(OC)c1. The summed E-state index contributed by atoms with van der Waals surface area (Å²) in [5, 5.41) is 15.1. The molecule has 2 N–H and O–H groups in total. The summed E-state index contributed by atoms with van der Waals surface area (Å²) >= 11 is 0. The molecule has 0 aliphatic carbocycles. The molecule has 3 aromatic rings. The number of benzene rings is 2. The lowest BCUT2D eigenvalue weighted by Crippen LogP contribution is -2.13. The van der Waals surface area contributed by atoms with E-state index in [4.69, 9.17) is 9.47 Å². The lowest BCUT2D eigenvalue weighted by Gasteiger charge is -2.12. The van der Waals surface area contributed by atoms with E-state index in [1.165, 1.54) is 13.3 Å². The average molecular weight is 374 g/mol. The van der Waals surface area contributed by atoms with Crippen LogP contribution in [0.3, 0.4) is 0 Å². The van der Waals surface area contributed by atoms with Gasteiger partial charge in [0, 0.05) is 17.8 Å². The predicted octanol–water partition coefficient (Wildman–Crippen LogP) is 3.97. The zero-order valence-corrected chi connectivity index (χ0v) is 15.4. The van der Waals surface area contributed by atoms with E-state index >= 15 is 0 Å². The van der Waals surface area contributed by atoms with Gasteiger partial charge in [-0.1, -0.05) is 12.1 Å². The summed E-state index contributed by atoms with van der Waals surface area (Å²) in [4.78, 5) is 16.9. The van der Waals surface area contributed by atoms with Gasteiger partial charge < -0.3 is 20.1 Å². The minimum absolute atomic E-state index is 0.317. The van der Waals surface area contributed by atoms with Crippen molar-refractivity contribution in [3.05, 3.63) is 71.9 Å². The molecule has 0 saturated carbocycles. The summed E-state index contributed by atoms with van der Waals surface area (Å²) in [6, 6.07) is 17.5. The monoisotopic (exact) mass is 374 g/mol. The molecule has 3 rings (SSSR count). The maximum atomic E-state index is 12.7. The minimum Gasteiger partial charge on any atom is -0.497 e. The second kappa shape index (κ2) is 8.56. The van der Waals surface area contributed by atoms with Gasteiger partial charge in [-0.3, -0.25) is 4.79 Å². The molecule has 2 aromatic carbocycles. The number of hydrogen-bond donors (Lipinski definition) is 2. The van der Waals surface area contributed by atoms with Crippen molar-refractivity contribution in [2.45, 2.75) is 0 Å². The van der Waals surface area contributed by atoms with Crippen molar-refractivity contribution in [1.82, 2.24) is 4.98 Å². The first-order chi connectivity index (χ1) is 13.6. The average Bonchev–Trinajstić information content (AvgIpc) is 2.74. The Morgan fingerprint density at radius 3 is 2.61 bits per heavy atom. The normalized spacial score (nSPS) is 9.89. The van der Waals surface area contributed by atoms with Gasteiger partial charge in [0.2, 0.25) is 0 Å². The second-order valence-corrected chi connectivity index (χ2v) is 5.73. The van der Waals surface area contributed by atoms with Gasteiger partial charge in [-0.2, -0.15) is 5.26 Å². The van der Waals surface area contributed by atoms with Crippen LogP contribution in [0.25, 0.3) is 0 Å². The van der Waals surface area contributed by atoms with Crippen LogP contribution in [0.5, 0.6) is 11.5 Å². The van der Waals surface area contributed by atoms with Gasteiger partial charge in [0.05, 0.1) is 31.2 Å². The van der Waals surface area contributed by atoms with E-state index in [1.807, 2.05) is 6.07 Å². The number of anilines is 3. The number of ether oxygens (including phenoxy) is 2. The molecule has 0 saturated heterocycles. The molecule has 0 aliphatic heterocycles. The highest BCUT2D eigenvalue weighted by molar-refractivity contribution is 6.05. The lowest BCUT2D eigenvalue weighted by molar-refractivity contribution is 0.102. The molecule has 7 heteroatoms. The third-order valence-corrected chi connectivity index (χ3v) is 3.99. The van der Waals surface area contributed by atoms with Crippen LogP contribution in [-0.4, -0.2) is 25.1 Å². The van der Waals surface area contributed by atoms with Crippen LogP contribution in [0.4, 0.5) is 17.2 Å². The minimum atomic E-state index is -0.317. The maximum absolute atomic E-state index is 12.7. The Morgan fingerprint density at radius 2 is 1.86 bits per heavy atom. The Hall–Kier alpha value is -4.05. The predicted molar refractivity (Wildman–Crippen MR) is 106 cm³/mol. The van der Waals surface area contributed by atoms with Crippen molar-refractivity contribution in [2.75, 3.05) is 24.9 Å². The zero-order chi connectivity index (χ0) is 19.9. The summed E-state index contributed by atoms with van der Waals surface area (Å²) in [6.45, 7) is 0. The van der Waals surface area contributed by atoms with Crippen LogP contribution in [0.2, 0.25) is 0 Å². The molecule has 0 fully saturated rings. The van der Waals surface area contributed by atoms with Crippen molar-refractivity contribution in [2.24, 2.45) is 0 Å². The fourth-order valence-corrected chi connectivity index (χ4v) is 2.56. The smallest absolute Gasteiger partial charge is 0.255 e. The number of nitrogens with zero attached hydrogens (tertiary/aromatic N) is 2. The molecule has 0 aliphatic rings. The number of hydrogen-bond acceptors (Lipinski definition) is 6. The number of nitriles is 1. The van der Waals surface area contributed by atoms with Gasteiger partial charge in [-0.25, -0.2) is 4.98 Å². The van der Waals surface area contributed by atoms with E-state index in [2.05, 4.69) is 21.7 Å². The van der Waals surface area contributed by atoms with Crippen molar-refractivity contribution >= 4 is 23.1 Å². The van der Waals surface area contributed by atoms with Crippen LogP contribution < -0.4 is 20.1 Å². The number of carbonyl (C=O) groups excluding carboxylic acids is 1. The molecular formula is C21H18N4O3. The van der Waals surface area contributed by atoms with E-state index in [-0.39, 0.29) is 5.91 Å². The number of nitrogens with one attached hydrogen (secondary N) is 2. The van der Waals surface area contributed by atoms with E-state index in [1.54, 1.807) is 55.6 Å². The first-order valence-corrected chi connectivity index (χ1v) is 8.40. The quantitative estimate of drug-likeness (QED) is 0.678. The molecule has 0 unspecified atom stereocenters. The number of pyridine rings is 1. The highest BCUT2D eigenvalue weighted by atomic mass is 16.5. The molecule has 0 spiro atoms. The molecule has 1 heterocycles. The third kappa shape index (κ3) is 4.19. The number of amides is 1. The number of aromatic nitrogens is 1. The van der Waals surface area contributed by atoms with Gasteiger partial charge in [0.1, 0.15) is 23.4 Å². The number of rotatable bonds is 6. The van der Waals surface area contributed by atoms with E-state index < -0.39 is 0 Å². The van der Waals surface area contributed by atoms with Gasteiger partial charge in [-0.15, -0.1) is 0 Å². The summed E-state index contributed by atoms with van der Waals surface area (Å²) in [5.74, 6) is 1.25. The topological polar surface area (TPSA) is 96.3 Å². The Labute approximate surface area is 162 Å². The van der Waals surface area contributed by atoms with Crippen LogP contribution in [0.1, 0.15) is 15.9 Å². The molecule has 0 radical (unpaired) electrons. The van der Waals surface area contributed by atoms with Gasteiger partial charge >= 0.3 is 0 Å². The highest BCUT2D eigenvalue weighted by Crippen LogP contribution is 2.29. The van der Waals surface area contributed by atoms with Gasteiger partial charge in [0.15, 0.2) is 0 Å². The number of carbonyl (C=O) groups is 1. The fourth-order valence-electron chi connectivity index (χ4n) is 2.56. The van der Waals surface area contributed by atoms with E-state index in [0.29, 0.717) is 39.8 Å². The molecule has 7 nitrogen and oxygen atoms in total. The maximum Gasteiger partial charge on any atom is 0.255 e. The van der Waals surface area contributed by atoms with Crippen LogP contribution in [-0.2, 0) is 0 Å². The standard InChI is InChI=1S/C21H18N4O3/c1-27-16-7-8-18(19(12-16)28-2)25-21(26)14-9-10-23-20(11-14)24-17-6-4-3-5-15(17)13-22/h3-12H,1-2H3,(H,23,24)(H,25,26). The summed E-state index contributed by atoms with van der Waals surface area (Å²) < 4.78 is 10.5. The van der Waals surface area contributed by atoms with Crippen molar-refractivity contribution in [1.29, 1.82) is 5.26 Å². The lowest BCUT2D eigenvalue weighted by atomic mass is 10.2. The molecule has 1 aromatic heterocycles. The number of methoxy groups -OCH3 is 2. The van der Waals surface area contributed by atoms with Crippen molar-refractivity contribution < 1.29 is 14.3 Å². The molecule has 1 amide bonds. The summed E-state index contributed by atoms with van der Waals surface area (Å²) in [5.41, 5.74) is 2.04. The Balaban J connectivity index is 1.80. The first-order valence-electron chi connectivity index (χ1n) is 8.40. The summed E-state index contributed by atoms with van der Waals surface area (Å²) in [7, 11) is 3.08. The largest absolute Gasteiger partial charge is 0.497 e. The molecule has 28 heavy (non-hydrogen) atoms. The molecular weight excluding hydrogens is 356 g/mol. The molecule has 0 atom stereocenters. The Bertz CT molecular complexity index is 1040. The first kappa shape index (κ1) is 18.7. The van der Waals surface area contributed by atoms with E-state index in [9.17, 15) is 10.1 Å². The fraction of sp³-hybridized carbons (Fsp3) is 0.0952. The molecule has 0 bridgehead atoms. The van der Waals surface area contributed by atoms with Crippen molar-refractivity contribution in [3.8, 4) is 17.6 Å².